The largest absolute Gasteiger partial charge is 0.662 e. The van der Waals surface area contributed by atoms with Crippen LogP contribution in [-0.2, 0) is 32.7 Å². The molecule has 3 heterocycles. The van der Waals surface area contributed by atoms with Gasteiger partial charge >= 0.3 is 0 Å². The zero-order chi connectivity index (χ0) is 21.1. The zero-order valence-corrected chi connectivity index (χ0v) is 19.7. The van der Waals surface area contributed by atoms with Crippen LogP contribution in [0.25, 0.3) is 5.32 Å². The standard InChI is InChI=1S/C10H13N2.C6H7NO.C5H8N4.Y/c1-5-11-6-2-9(1)10-3-7-12-8-4-10;7-5-3-1-2-4-6(5)8;6-3-1-2-4(7)9-5(3)8;/h1-2,5-6,10H,3-4,7-8H2;1-4,8H,7H2;1-2H,6H2,(H4,7,8,9);/q-1;;;. The maximum atomic E-state index is 8.79. The molecule has 1 aliphatic heterocycles. The second-order valence-corrected chi connectivity index (χ2v) is 6.50. The summed E-state index contributed by atoms with van der Waals surface area (Å²) in [5, 5.41) is 13.1. The van der Waals surface area contributed by atoms with Gasteiger partial charge in [-0.2, -0.15) is 0 Å². The predicted octanol–water partition coefficient (Wildman–Crippen LogP) is 3.13. The van der Waals surface area contributed by atoms with Crippen LogP contribution in [0.5, 0.6) is 5.75 Å². The Bertz CT molecular complexity index is 853. The summed E-state index contributed by atoms with van der Waals surface area (Å²) in [5.41, 5.74) is 23.5. The predicted molar refractivity (Wildman–Crippen MR) is 119 cm³/mol. The Labute approximate surface area is 202 Å². The van der Waals surface area contributed by atoms with Crippen LogP contribution in [0.4, 0.5) is 23.0 Å². The van der Waals surface area contributed by atoms with Crippen LogP contribution in [0.3, 0.4) is 0 Å². The van der Waals surface area contributed by atoms with Crippen LogP contribution in [0, 0.1) is 0 Å². The molecule has 0 bridgehead atoms. The van der Waals surface area contributed by atoms with Crippen molar-refractivity contribution < 1.29 is 37.8 Å². The van der Waals surface area contributed by atoms with E-state index >= 15 is 0 Å². The average molecular weight is 483 g/mol. The van der Waals surface area contributed by atoms with Crippen molar-refractivity contribution in [2.24, 2.45) is 0 Å². The number of hydrogen-bond donors (Lipinski definition) is 5. The number of nitrogens with zero attached hydrogens (tertiary/aromatic N) is 3. The number of rotatable bonds is 1. The van der Waals surface area contributed by atoms with E-state index in [0.717, 1.165) is 19.0 Å². The molecule has 30 heavy (non-hydrogen) atoms. The van der Waals surface area contributed by atoms with Crippen molar-refractivity contribution in [3.8, 4) is 5.75 Å². The van der Waals surface area contributed by atoms with Gasteiger partial charge in [-0.05, 0) is 47.9 Å². The minimum Gasteiger partial charge on any atom is -0.662 e. The number of nitrogens with two attached hydrogens (primary N) is 4. The van der Waals surface area contributed by atoms with Gasteiger partial charge < -0.3 is 33.4 Å². The molecule has 0 amide bonds. The fourth-order valence-electron chi connectivity index (χ4n) is 2.71. The molecule has 4 rings (SSSR count). The summed E-state index contributed by atoms with van der Waals surface area (Å²) < 4.78 is 0. The van der Waals surface area contributed by atoms with Gasteiger partial charge in [0.25, 0.3) is 0 Å². The third-order valence-corrected chi connectivity index (χ3v) is 4.36. The molecular weight excluding hydrogens is 455 g/mol. The normalized spacial score (nSPS) is 12.9. The van der Waals surface area contributed by atoms with Crippen molar-refractivity contribution in [2.75, 3.05) is 36.0 Å². The zero-order valence-electron chi connectivity index (χ0n) is 16.9. The van der Waals surface area contributed by atoms with Gasteiger partial charge in [-0.15, -0.1) is 13.1 Å². The molecule has 0 unspecified atom stereocenters. The molecule has 3 aromatic rings. The Balaban J connectivity index is 0.000000227. The van der Waals surface area contributed by atoms with Crippen molar-refractivity contribution in [3.63, 3.8) is 0 Å². The number of pyridine rings is 2. The van der Waals surface area contributed by atoms with E-state index in [0.29, 0.717) is 17.2 Å². The van der Waals surface area contributed by atoms with E-state index in [1.807, 2.05) is 12.4 Å². The van der Waals surface area contributed by atoms with E-state index < -0.39 is 0 Å². The summed E-state index contributed by atoms with van der Waals surface area (Å²) in [7, 11) is 0. The van der Waals surface area contributed by atoms with Gasteiger partial charge in [0.1, 0.15) is 17.4 Å². The first-order chi connectivity index (χ1) is 14.0. The minimum absolute atomic E-state index is 0. The summed E-state index contributed by atoms with van der Waals surface area (Å²) >= 11 is 0. The molecule has 8 nitrogen and oxygen atoms in total. The number of phenolic OH excluding ortho intramolecular Hbond substituents is 1. The van der Waals surface area contributed by atoms with E-state index in [9.17, 15) is 0 Å². The number of benzene rings is 1. The first-order valence-electron chi connectivity index (χ1n) is 9.31. The van der Waals surface area contributed by atoms with Crippen molar-refractivity contribution in [2.45, 2.75) is 18.8 Å². The van der Waals surface area contributed by atoms with Gasteiger partial charge in [-0.25, -0.2) is 4.98 Å². The minimum atomic E-state index is 0. The number of hydrogen-bond acceptors (Lipinski definition) is 7. The number of nitrogen functional groups attached to an aromatic ring is 4. The van der Waals surface area contributed by atoms with Gasteiger partial charge in [-0.1, -0.05) is 25.0 Å². The third-order valence-electron chi connectivity index (χ3n) is 4.36. The van der Waals surface area contributed by atoms with E-state index in [4.69, 9.17) is 28.0 Å². The second kappa shape index (κ2) is 13.7. The van der Waals surface area contributed by atoms with Crippen molar-refractivity contribution in [3.05, 3.63) is 71.8 Å². The van der Waals surface area contributed by atoms with Gasteiger partial charge in [0, 0.05) is 45.1 Å². The molecular formula is C21H28N7OY-. The maximum absolute atomic E-state index is 8.79. The smallest absolute Gasteiger partial charge is 0.149 e. The van der Waals surface area contributed by atoms with Crippen LogP contribution < -0.4 is 22.9 Å². The molecule has 0 saturated carbocycles. The molecule has 157 valence electrons. The molecule has 1 radical (unpaired) electrons. The molecule has 0 spiro atoms. The van der Waals surface area contributed by atoms with Gasteiger partial charge in [0.2, 0.25) is 0 Å². The number of anilines is 4. The fourth-order valence-corrected chi connectivity index (χ4v) is 2.71. The summed E-state index contributed by atoms with van der Waals surface area (Å²) in [6.07, 6.45) is 6.18. The summed E-state index contributed by atoms with van der Waals surface area (Å²) in [5.74, 6) is 1.55. The van der Waals surface area contributed by atoms with Crippen LogP contribution in [-0.4, -0.2) is 28.2 Å². The van der Waals surface area contributed by atoms with E-state index in [1.54, 1.807) is 36.4 Å². The molecule has 1 fully saturated rings. The average Bonchev–Trinajstić information content (AvgIpc) is 2.75. The maximum Gasteiger partial charge on any atom is 0.149 e. The SMILES string of the molecule is Nc1ccc(N)c(N)n1.Nc1ccccc1O.[Y].c1cc(C2CC[N-]CC2)ccn1. The fraction of sp³-hybridized carbons (Fsp3) is 0.238. The van der Waals surface area contributed by atoms with Crippen LogP contribution in [0.1, 0.15) is 24.3 Å². The van der Waals surface area contributed by atoms with Crippen molar-refractivity contribution >= 4 is 23.0 Å². The van der Waals surface area contributed by atoms with Crippen LogP contribution >= 0.6 is 0 Å². The second-order valence-electron chi connectivity index (χ2n) is 6.50. The number of piperidine rings is 1. The molecule has 1 saturated heterocycles. The van der Waals surface area contributed by atoms with Crippen LogP contribution in [0.15, 0.2) is 60.9 Å². The Morgan fingerprint density at radius 3 is 1.97 bits per heavy atom. The van der Waals surface area contributed by atoms with Gasteiger partial charge in [-0.3, -0.25) is 4.98 Å². The molecule has 1 aliphatic rings. The topological polar surface area (TPSA) is 164 Å². The molecule has 1 aromatic carbocycles. The first-order valence-corrected chi connectivity index (χ1v) is 9.31. The van der Waals surface area contributed by atoms with E-state index in [-0.39, 0.29) is 44.3 Å². The number of aromatic nitrogens is 2. The van der Waals surface area contributed by atoms with E-state index in [1.165, 1.54) is 18.4 Å². The number of para-hydroxylation sites is 2. The third kappa shape index (κ3) is 8.94. The summed E-state index contributed by atoms with van der Waals surface area (Å²) in [6, 6.07) is 14.2. The molecule has 0 aliphatic carbocycles. The molecule has 2 aromatic heterocycles. The van der Waals surface area contributed by atoms with Gasteiger partial charge in [0.05, 0.1) is 11.4 Å². The molecule has 9 heteroatoms. The number of phenols is 1. The monoisotopic (exact) mass is 483 g/mol. The summed E-state index contributed by atoms with van der Waals surface area (Å²) in [6.45, 7) is 2.07. The Morgan fingerprint density at radius 2 is 1.47 bits per heavy atom. The van der Waals surface area contributed by atoms with Crippen molar-refractivity contribution in [1.29, 1.82) is 0 Å². The Hall–Kier alpha value is -2.42. The molecule has 0 atom stereocenters. The van der Waals surface area contributed by atoms with Gasteiger partial charge in [0.15, 0.2) is 0 Å². The van der Waals surface area contributed by atoms with Crippen LogP contribution in [0.2, 0.25) is 0 Å². The Morgan fingerprint density at radius 1 is 0.833 bits per heavy atom. The molecule has 9 N–H and O–H groups in total. The number of aromatic hydroxyl groups is 1. The Kier molecular flexibility index (Phi) is 11.7. The summed E-state index contributed by atoms with van der Waals surface area (Å²) in [4.78, 5) is 7.72. The quantitative estimate of drug-likeness (QED) is 0.262. The first kappa shape index (κ1) is 25.6. The van der Waals surface area contributed by atoms with Crippen molar-refractivity contribution in [1.82, 2.24) is 9.97 Å². The van der Waals surface area contributed by atoms with E-state index in [2.05, 4.69) is 27.4 Å².